The number of rotatable bonds is 1. The van der Waals surface area contributed by atoms with E-state index in [4.69, 9.17) is 11.6 Å². The molecule has 1 aromatic carbocycles. The third-order valence-corrected chi connectivity index (χ3v) is 2.52. The molecule has 0 saturated heterocycles. The SMILES string of the molecule is ClCC1Cc2ccccc21. The molecule has 0 fully saturated rings. The zero-order valence-corrected chi connectivity index (χ0v) is 6.43. The molecule has 1 aliphatic carbocycles. The van der Waals surface area contributed by atoms with E-state index in [1.54, 1.807) is 0 Å². The first-order valence-corrected chi connectivity index (χ1v) is 4.09. The Balaban J connectivity index is 2.34. The van der Waals surface area contributed by atoms with E-state index in [9.17, 15) is 0 Å². The molecule has 0 nitrogen and oxygen atoms in total. The molecule has 0 saturated carbocycles. The Bertz CT molecular complexity index is 242. The molecule has 1 heteroatoms. The van der Waals surface area contributed by atoms with E-state index in [0.29, 0.717) is 5.92 Å². The maximum atomic E-state index is 5.73. The van der Waals surface area contributed by atoms with Crippen molar-refractivity contribution in [3.05, 3.63) is 35.4 Å². The van der Waals surface area contributed by atoms with Gasteiger partial charge in [0, 0.05) is 11.8 Å². The van der Waals surface area contributed by atoms with Crippen LogP contribution in [0.25, 0.3) is 0 Å². The summed E-state index contributed by atoms with van der Waals surface area (Å²) in [6, 6.07) is 8.52. The van der Waals surface area contributed by atoms with Crippen LogP contribution < -0.4 is 0 Å². The van der Waals surface area contributed by atoms with Crippen LogP contribution >= 0.6 is 11.6 Å². The average Bonchev–Trinajstić information content (AvgIpc) is 1.92. The third kappa shape index (κ3) is 0.757. The first-order chi connectivity index (χ1) is 4.92. The molecule has 0 N–H and O–H groups in total. The summed E-state index contributed by atoms with van der Waals surface area (Å²) in [5, 5.41) is 0. The second kappa shape index (κ2) is 2.28. The minimum Gasteiger partial charge on any atom is -0.126 e. The summed E-state index contributed by atoms with van der Waals surface area (Å²) in [5.74, 6) is 1.41. The highest BCUT2D eigenvalue weighted by atomic mass is 35.5. The van der Waals surface area contributed by atoms with Crippen LogP contribution in [0.4, 0.5) is 0 Å². The molecule has 0 bridgehead atoms. The fourth-order valence-corrected chi connectivity index (χ4v) is 1.78. The van der Waals surface area contributed by atoms with Crippen LogP contribution in [0.1, 0.15) is 17.0 Å². The number of fused-ring (bicyclic) bond motifs is 1. The van der Waals surface area contributed by atoms with Gasteiger partial charge in [-0.2, -0.15) is 0 Å². The summed E-state index contributed by atoms with van der Waals surface area (Å²) < 4.78 is 0. The molecule has 0 radical (unpaired) electrons. The topological polar surface area (TPSA) is 0 Å². The minimum atomic E-state index is 0.637. The van der Waals surface area contributed by atoms with E-state index in [1.165, 1.54) is 17.5 Å². The number of alkyl halides is 1. The molecule has 0 aromatic heterocycles. The second-order valence-electron chi connectivity index (χ2n) is 2.75. The predicted molar refractivity (Wildman–Crippen MR) is 43.6 cm³/mol. The Labute approximate surface area is 65.8 Å². The average molecular weight is 153 g/mol. The smallest absolute Gasteiger partial charge is 0.0295 e. The largest absolute Gasteiger partial charge is 0.126 e. The van der Waals surface area contributed by atoms with E-state index < -0.39 is 0 Å². The fourth-order valence-electron chi connectivity index (χ4n) is 1.50. The van der Waals surface area contributed by atoms with Gasteiger partial charge in [0.1, 0.15) is 0 Å². The number of benzene rings is 1. The van der Waals surface area contributed by atoms with Gasteiger partial charge in [0.25, 0.3) is 0 Å². The van der Waals surface area contributed by atoms with Gasteiger partial charge in [-0.15, -0.1) is 11.6 Å². The van der Waals surface area contributed by atoms with Gasteiger partial charge in [0.05, 0.1) is 0 Å². The lowest BCUT2D eigenvalue weighted by Gasteiger charge is -2.27. The van der Waals surface area contributed by atoms with Gasteiger partial charge in [0.2, 0.25) is 0 Å². The lowest BCUT2D eigenvalue weighted by atomic mass is 9.79. The molecule has 1 unspecified atom stereocenters. The third-order valence-electron chi connectivity index (χ3n) is 2.15. The molecular weight excluding hydrogens is 144 g/mol. The van der Waals surface area contributed by atoms with Crippen molar-refractivity contribution >= 4 is 11.6 Å². The summed E-state index contributed by atoms with van der Waals surface area (Å²) in [6.07, 6.45) is 1.18. The molecule has 0 amide bonds. The Morgan fingerprint density at radius 3 is 2.90 bits per heavy atom. The van der Waals surface area contributed by atoms with Crippen molar-refractivity contribution < 1.29 is 0 Å². The molecule has 52 valence electrons. The zero-order chi connectivity index (χ0) is 6.97. The monoisotopic (exact) mass is 152 g/mol. The van der Waals surface area contributed by atoms with E-state index in [2.05, 4.69) is 24.3 Å². The predicted octanol–water partition coefficient (Wildman–Crippen LogP) is 2.57. The van der Waals surface area contributed by atoms with Crippen molar-refractivity contribution in [2.75, 3.05) is 5.88 Å². The van der Waals surface area contributed by atoms with Gasteiger partial charge in [-0.1, -0.05) is 24.3 Å². The summed E-state index contributed by atoms with van der Waals surface area (Å²) >= 11 is 5.73. The van der Waals surface area contributed by atoms with Crippen LogP contribution in [-0.4, -0.2) is 5.88 Å². The summed E-state index contributed by atoms with van der Waals surface area (Å²) in [4.78, 5) is 0. The van der Waals surface area contributed by atoms with Crippen LogP contribution in [-0.2, 0) is 6.42 Å². The van der Waals surface area contributed by atoms with Gasteiger partial charge in [0.15, 0.2) is 0 Å². The lowest BCUT2D eigenvalue weighted by Crippen LogP contribution is -2.17. The van der Waals surface area contributed by atoms with Crippen LogP contribution in [0.5, 0.6) is 0 Å². The van der Waals surface area contributed by atoms with Gasteiger partial charge in [-0.25, -0.2) is 0 Å². The van der Waals surface area contributed by atoms with Crippen molar-refractivity contribution in [3.8, 4) is 0 Å². The molecule has 1 atom stereocenters. The minimum absolute atomic E-state index is 0.637. The van der Waals surface area contributed by atoms with Crippen molar-refractivity contribution in [1.29, 1.82) is 0 Å². The molecule has 2 rings (SSSR count). The van der Waals surface area contributed by atoms with Gasteiger partial charge in [-0.05, 0) is 17.5 Å². The maximum Gasteiger partial charge on any atom is 0.0295 e. The van der Waals surface area contributed by atoms with Crippen LogP contribution in [0.15, 0.2) is 24.3 Å². The maximum absolute atomic E-state index is 5.73. The van der Waals surface area contributed by atoms with Crippen molar-refractivity contribution in [3.63, 3.8) is 0 Å². The molecule has 0 spiro atoms. The Morgan fingerprint density at radius 2 is 2.20 bits per heavy atom. The molecule has 1 aromatic rings. The number of halogens is 1. The summed E-state index contributed by atoms with van der Waals surface area (Å²) in [7, 11) is 0. The normalized spacial score (nSPS) is 21.5. The van der Waals surface area contributed by atoms with Crippen molar-refractivity contribution in [2.24, 2.45) is 0 Å². The Hall–Kier alpha value is -0.490. The summed E-state index contributed by atoms with van der Waals surface area (Å²) in [6.45, 7) is 0. The molecular formula is C9H9Cl. The quantitative estimate of drug-likeness (QED) is 0.543. The zero-order valence-electron chi connectivity index (χ0n) is 5.68. The van der Waals surface area contributed by atoms with E-state index >= 15 is 0 Å². The number of hydrogen-bond donors (Lipinski definition) is 0. The van der Waals surface area contributed by atoms with E-state index in [0.717, 1.165) is 5.88 Å². The summed E-state index contributed by atoms with van der Waals surface area (Å²) in [5.41, 5.74) is 2.94. The van der Waals surface area contributed by atoms with E-state index in [-0.39, 0.29) is 0 Å². The molecule has 10 heavy (non-hydrogen) atoms. The first-order valence-electron chi connectivity index (χ1n) is 3.55. The van der Waals surface area contributed by atoms with Gasteiger partial charge < -0.3 is 0 Å². The van der Waals surface area contributed by atoms with Gasteiger partial charge in [-0.3, -0.25) is 0 Å². The van der Waals surface area contributed by atoms with E-state index in [1.807, 2.05) is 0 Å². The van der Waals surface area contributed by atoms with Gasteiger partial charge >= 0.3 is 0 Å². The van der Waals surface area contributed by atoms with Crippen LogP contribution in [0.3, 0.4) is 0 Å². The van der Waals surface area contributed by atoms with Crippen LogP contribution in [0.2, 0.25) is 0 Å². The fraction of sp³-hybridized carbons (Fsp3) is 0.333. The molecule has 0 aliphatic heterocycles. The van der Waals surface area contributed by atoms with Crippen molar-refractivity contribution in [1.82, 2.24) is 0 Å². The molecule has 0 heterocycles. The Kier molecular flexibility index (Phi) is 1.42. The highest BCUT2D eigenvalue weighted by Gasteiger charge is 2.23. The highest BCUT2D eigenvalue weighted by molar-refractivity contribution is 6.18. The highest BCUT2D eigenvalue weighted by Crippen LogP contribution is 2.35. The standard InChI is InChI=1S/C9H9Cl/c10-6-8-5-7-3-1-2-4-9(7)8/h1-4,8H,5-6H2. The van der Waals surface area contributed by atoms with Crippen LogP contribution in [0, 0.1) is 0 Å². The second-order valence-corrected chi connectivity index (χ2v) is 3.06. The molecule has 1 aliphatic rings. The first kappa shape index (κ1) is 6.23. The van der Waals surface area contributed by atoms with Crippen molar-refractivity contribution in [2.45, 2.75) is 12.3 Å². The Morgan fingerprint density at radius 1 is 1.40 bits per heavy atom. The lowest BCUT2D eigenvalue weighted by molar-refractivity contribution is 0.674. The number of hydrogen-bond acceptors (Lipinski definition) is 0.